The lowest BCUT2D eigenvalue weighted by Gasteiger charge is -2.36. The van der Waals surface area contributed by atoms with Gasteiger partial charge in [-0.2, -0.15) is 0 Å². The Bertz CT molecular complexity index is 347. The molecule has 1 aliphatic heterocycles. The van der Waals surface area contributed by atoms with Crippen LogP contribution in [-0.2, 0) is 0 Å². The highest BCUT2D eigenvalue weighted by Crippen LogP contribution is 2.26. The fourth-order valence-electron chi connectivity index (χ4n) is 2.39. The Labute approximate surface area is 102 Å². The number of aryl methyl sites for hydroxylation is 1. The van der Waals surface area contributed by atoms with Crippen molar-refractivity contribution in [3.05, 3.63) is 17.0 Å². The van der Waals surface area contributed by atoms with Crippen LogP contribution in [0.3, 0.4) is 0 Å². The van der Waals surface area contributed by atoms with Gasteiger partial charge in [0.05, 0.1) is 0 Å². The molecule has 0 bridgehead atoms. The molecule has 1 aromatic heterocycles. The average molecular weight is 240 g/mol. The molecule has 4 heteroatoms. The summed E-state index contributed by atoms with van der Waals surface area (Å²) in [5, 5.41) is 0.544. The van der Waals surface area contributed by atoms with Crippen LogP contribution in [0.15, 0.2) is 6.07 Å². The Balaban J connectivity index is 2.26. The quantitative estimate of drug-likeness (QED) is 0.743. The summed E-state index contributed by atoms with van der Waals surface area (Å²) in [7, 11) is 0. The number of piperidine rings is 1. The van der Waals surface area contributed by atoms with Crippen LogP contribution in [0.2, 0.25) is 5.15 Å². The molecule has 1 atom stereocenters. The molecule has 1 aliphatic rings. The van der Waals surface area contributed by atoms with Gasteiger partial charge in [-0.15, -0.1) is 0 Å². The van der Waals surface area contributed by atoms with Crippen molar-refractivity contribution in [2.45, 2.75) is 45.6 Å². The molecule has 0 aliphatic carbocycles. The van der Waals surface area contributed by atoms with Gasteiger partial charge in [0.1, 0.15) is 16.8 Å². The molecule has 2 rings (SSSR count). The van der Waals surface area contributed by atoms with Gasteiger partial charge in [0.25, 0.3) is 0 Å². The number of anilines is 1. The molecule has 0 aromatic carbocycles. The van der Waals surface area contributed by atoms with E-state index in [1.165, 1.54) is 25.7 Å². The minimum Gasteiger partial charge on any atom is -0.353 e. The molecule has 88 valence electrons. The first kappa shape index (κ1) is 11.6. The lowest BCUT2D eigenvalue weighted by Crippen LogP contribution is -2.39. The van der Waals surface area contributed by atoms with E-state index in [0.29, 0.717) is 11.2 Å². The van der Waals surface area contributed by atoms with Gasteiger partial charge >= 0.3 is 0 Å². The summed E-state index contributed by atoms with van der Waals surface area (Å²) < 4.78 is 0. The zero-order valence-corrected chi connectivity index (χ0v) is 10.7. The van der Waals surface area contributed by atoms with Crippen molar-refractivity contribution in [2.75, 3.05) is 11.4 Å². The fourth-order valence-corrected chi connectivity index (χ4v) is 2.61. The second-order valence-corrected chi connectivity index (χ2v) is 4.73. The first-order chi connectivity index (χ1) is 7.70. The fraction of sp³-hybridized carbons (Fsp3) is 0.667. The van der Waals surface area contributed by atoms with Gasteiger partial charge in [0.15, 0.2) is 0 Å². The highest BCUT2D eigenvalue weighted by Gasteiger charge is 2.22. The van der Waals surface area contributed by atoms with Gasteiger partial charge in [-0.25, -0.2) is 9.97 Å². The van der Waals surface area contributed by atoms with Crippen molar-refractivity contribution in [1.82, 2.24) is 9.97 Å². The molecule has 0 amide bonds. The Morgan fingerprint density at radius 1 is 1.44 bits per heavy atom. The number of hydrogen-bond donors (Lipinski definition) is 0. The van der Waals surface area contributed by atoms with E-state index in [2.05, 4.69) is 21.8 Å². The third kappa shape index (κ3) is 2.46. The molecular formula is C12H18ClN3. The summed E-state index contributed by atoms with van der Waals surface area (Å²) in [6.07, 6.45) is 5.00. The van der Waals surface area contributed by atoms with Crippen LogP contribution < -0.4 is 4.90 Å². The van der Waals surface area contributed by atoms with E-state index in [1.54, 1.807) is 0 Å². The zero-order chi connectivity index (χ0) is 11.5. The maximum atomic E-state index is 5.98. The van der Waals surface area contributed by atoms with E-state index in [0.717, 1.165) is 18.2 Å². The molecule has 3 nitrogen and oxygen atoms in total. The van der Waals surface area contributed by atoms with E-state index in [9.17, 15) is 0 Å². The zero-order valence-electron chi connectivity index (χ0n) is 9.91. The smallest absolute Gasteiger partial charge is 0.134 e. The van der Waals surface area contributed by atoms with E-state index in [4.69, 9.17) is 11.6 Å². The molecule has 0 N–H and O–H groups in total. The first-order valence-corrected chi connectivity index (χ1v) is 6.36. The van der Waals surface area contributed by atoms with Crippen LogP contribution in [0.25, 0.3) is 0 Å². The van der Waals surface area contributed by atoms with Gasteiger partial charge < -0.3 is 4.90 Å². The molecule has 0 spiro atoms. The third-order valence-electron chi connectivity index (χ3n) is 3.19. The van der Waals surface area contributed by atoms with Gasteiger partial charge in [-0.3, -0.25) is 0 Å². The van der Waals surface area contributed by atoms with Crippen LogP contribution in [-0.4, -0.2) is 22.6 Å². The molecule has 0 saturated carbocycles. The molecule has 1 saturated heterocycles. The Morgan fingerprint density at radius 3 is 2.94 bits per heavy atom. The molecular weight excluding hydrogens is 222 g/mol. The monoisotopic (exact) mass is 239 g/mol. The molecule has 1 aromatic rings. The summed E-state index contributed by atoms with van der Waals surface area (Å²) >= 11 is 5.98. The topological polar surface area (TPSA) is 29.0 Å². The lowest BCUT2D eigenvalue weighted by molar-refractivity contribution is 0.446. The third-order valence-corrected chi connectivity index (χ3v) is 3.38. The van der Waals surface area contributed by atoms with Crippen LogP contribution in [0.5, 0.6) is 0 Å². The number of hydrogen-bond acceptors (Lipinski definition) is 3. The highest BCUT2D eigenvalue weighted by molar-refractivity contribution is 6.29. The van der Waals surface area contributed by atoms with Crippen LogP contribution in [0.1, 0.15) is 38.4 Å². The predicted octanol–water partition coefficient (Wildman–Crippen LogP) is 3.21. The second kappa shape index (κ2) is 5.00. The summed E-state index contributed by atoms with van der Waals surface area (Å²) in [6.45, 7) is 5.21. The SMILES string of the molecule is CC[C@H]1CCCCN1c1cc(Cl)nc(C)n1. The van der Waals surface area contributed by atoms with Gasteiger partial charge in [-0.05, 0) is 32.6 Å². The van der Waals surface area contributed by atoms with Crippen molar-refractivity contribution in [2.24, 2.45) is 0 Å². The summed E-state index contributed by atoms with van der Waals surface area (Å²) in [5.41, 5.74) is 0. The maximum Gasteiger partial charge on any atom is 0.134 e. The standard InChI is InChI=1S/C12H18ClN3/c1-3-10-6-4-5-7-16(10)12-8-11(13)14-9(2)15-12/h8,10H,3-7H2,1-2H3/t10-/m0/s1. The van der Waals surface area contributed by atoms with Crippen LogP contribution in [0, 0.1) is 6.92 Å². The number of nitrogens with zero attached hydrogens (tertiary/aromatic N) is 3. The van der Waals surface area contributed by atoms with Crippen molar-refractivity contribution >= 4 is 17.4 Å². The van der Waals surface area contributed by atoms with Gasteiger partial charge in [0, 0.05) is 18.7 Å². The van der Waals surface area contributed by atoms with Gasteiger partial charge in [-0.1, -0.05) is 18.5 Å². The highest BCUT2D eigenvalue weighted by atomic mass is 35.5. The van der Waals surface area contributed by atoms with Crippen molar-refractivity contribution < 1.29 is 0 Å². The Kier molecular flexibility index (Phi) is 3.64. The molecule has 1 fully saturated rings. The number of aromatic nitrogens is 2. The maximum absolute atomic E-state index is 5.98. The van der Waals surface area contributed by atoms with Gasteiger partial charge in [0.2, 0.25) is 0 Å². The van der Waals surface area contributed by atoms with E-state index >= 15 is 0 Å². The number of halogens is 1. The normalized spacial score (nSPS) is 21.2. The molecule has 0 radical (unpaired) electrons. The Morgan fingerprint density at radius 2 is 2.25 bits per heavy atom. The van der Waals surface area contributed by atoms with Crippen molar-refractivity contribution in [3.8, 4) is 0 Å². The van der Waals surface area contributed by atoms with Crippen LogP contribution >= 0.6 is 11.6 Å². The van der Waals surface area contributed by atoms with E-state index in [-0.39, 0.29) is 0 Å². The predicted molar refractivity (Wildman–Crippen MR) is 67.1 cm³/mol. The second-order valence-electron chi connectivity index (χ2n) is 4.35. The Hall–Kier alpha value is -0.830. The van der Waals surface area contributed by atoms with E-state index in [1.807, 2.05) is 13.0 Å². The lowest BCUT2D eigenvalue weighted by atomic mass is 10.0. The largest absolute Gasteiger partial charge is 0.353 e. The minimum absolute atomic E-state index is 0.544. The van der Waals surface area contributed by atoms with Crippen molar-refractivity contribution in [1.29, 1.82) is 0 Å². The van der Waals surface area contributed by atoms with Crippen molar-refractivity contribution in [3.63, 3.8) is 0 Å². The summed E-state index contributed by atoms with van der Waals surface area (Å²) in [4.78, 5) is 11.0. The molecule has 2 heterocycles. The number of rotatable bonds is 2. The van der Waals surface area contributed by atoms with Crippen LogP contribution in [0.4, 0.5) is 5.82 Å². The van der Waals surface area contributed by atoms with E-state index < -0.39 is 0 Å². The first-order valence-electron chi connectivity index (χ1n) is 5.98. The molecule has 16 heavy (non-hydrogen) atoms. The average Bonchev–Trinajstić information content (AvgIpc) is 2.27. The summed E-state index contributed by atoms with van der Waals surface area (Å²) in [6, 6.07) is 2.49. The molecule has 0 unspecified atom stereocenters. The summed E-state index contributed by atoms with van der Waals surface area (Å²) in [5.74, 6) is 1.74. The minimum atomic E-state index is 0.544.